The average Bonchev–Trinajstić information content (AvgIpc) is 2.75. The lowest BCUT2D eigenvalue weighted by Gasteiger charge is -2.28. The predicted molar refractivity (Wildman–Crippen MR) is 133 cm³/mol. The summed E-state index contributed by atoms with van der Waals surface area (Å²) in [6.45, 7) is 9.35. The van der Waals surface area contributed by atoms with Crippen LogP contribution in [0.25, 0.3) is 0 Å². The molecular weight excluding hydrogens is 440 g/mol. The number of nitrogens with zero attached hydrogens (tertiary/aromatic N) is 1. The number of aliphatic hydroxyl groups excluding tert-OH is 1. The number of aryl methyl sites for hydroxylation is 1. The van der Waals surface area contributed by atoms with Gasteiger partial charge in [-0.2, -0.15) is 5.10 Å². The number of benzene rings is 2. The summed E-state index contributed by atoms with van der Waals surface area (Å²) in [5, 5.41) is 21.9. The molecule has 1 heterocycles. The summed E-state index contributed by atoms with van der Waals surface area (Å²) in [4.78, 5) is 11.4. The Morgan fingerprint density at radius 2 is 2.00 bits per heavy atom. The fraction of sp³-hybridized carbons (Fsp3) is 0.440. The van der Waals surface area contributed by atoms with E-state index >= 15 is 0 Å². The minimum Gasteiger partial charge on any atom is -0.491 e. The molecule has 0 bridgehead atoms. The molecule has 0 radical (unpaired) electrons. The van der Waals surface area contributed by atoms with Crippen molar-refractivity contribution in [2.75, 3.05) is 25.0 Å². The van der Waals surface area contributed by atoms with Gasteiger partial charge in [-0.15, -0.1) is 0 Å². The van der Waals surface area contributed by atoms with Crippen LogP contribution in [0.1, 0.15) is 38.3 Å². The topological polar surface area (TPSA) is 95.0 Å². The van der Waals surface area contributed by atoms with Gasteiger partial charge in [0.1, 0.15) is 18.5 Å². The van der Waals surface area contributed by atoms with Crippen LogP contribution in [0.4, 0.5) is 5.69 Å². The van der Waals surface area contributed by atoms with E-state index in [-0.39, 0.29) is 24.0 Å². The van der Waals surface area contributed by atoms with E-state index in [0.717, 1.165) is 22.5 Å². The summed E-state index contributed by atoms with van der Waals surface area (Å²) in [7, 11) is 0. The van der Waals surface area contributed by atoms with E-state index in [0.29, 0.717) is 30.3 Å². The van der Waals surface area contributed by atoms with Crippen LogP contribution < -0.4 is 20.8 Å². The Kier molecular flexibility index (Phi) is 8.35. The first kappa shape index (κ1) is 25.0. The average molecular weight is 473 g/mol. The van der Waals surface area contributed by atoms with Crippen LogP contribution in [0, 0.1) is 12.8 Å². The monoisotopic (exact) mass is 472 g/mol. The normalized spacial score (nSPS) is 17.2. The first-order chi connectivity index (χ1) is 15.6. The molecule has 178 valence electrons. The number of aliphatic hydroxyl groups is 1. The zero-order chi connectivity index (χ0) is 24.0. The molecule has 2 atom stereocenters. The summed E-state index contributed by atoms with van der Waals surface area (Å²) in [5.74, 6) is 0.703. The number of carbonyl (C=O) groups is 1. The molecule has 0 aliphatic carbocycles. The standard InChI is InChI=1S/C25H33ClN4O3/c1-16-9-19(26)12-22(10-16)33-14-21(31)13-28-25(3,4)15-27-20-7-5-18(6-8-20)24-17(2)11-23(32)29-30-24/h5-10,12,17,21,27-28,31H,11,13-15H2,1-4H3,(H,29,32). The Hall–Kier alpha value is -2.61. The van der Waals surface area contributed by atoms with Gasteiger partial charge in [0.25, 0.3) is 0 Å². The van der Waals surface area contributed by atoms with E-state index in [2.05, 4.69) is 35.0 Å². The minimum absolute atomic E-state index is 0.0458. The number of nitrogens with one attached hydrogen (secondary N) is 3. The summed E-state index contributed by atoms with van der Waals surface area (Å²) in [6, 6.07) is 13.5. The molecule has 1 amide bonds. The Balaban J connectivity index is 1.44. The molecule has 1 aliphatic heterocycles. The first-order valence-corrected chi connectivity index (χ1v) is 11.5. The Labute approximate surface area is 200 Å². The number of carbonyl (C=O) groups excluding carboxylic acids is 1. The maximum atomic E-state index is 11.4. The Bertz CT molecular complexity index is 971. The third-order valence-electron chi connectivity index (χ3n) is 5.45. The van der Waals surface area contributed by atoms with Crippen LogP contribution >= 0.6 is 11.6 Å². The molecule has 0 saturated heterocycles. The molecule has 0 fully saturated rings. The first-order valence-electron chi connectivity index (χ1n) is 11.1. The highest BCUT2D eigenvalue weighted by molar-refractivity contribution is 6.30. The molecule has 1 aliphatic rings. The predicted octanol–water partition coefficient (Wildman–Crippen LogP) is 3.73. The quantitative estimate of drug-likeness (QED) is 0.422. The lowest BCUT2D eigenvalue weighted by atomic mass is 9.94. The maximum absolute atomic E-state index is 11.4. The van der Waals surface area contributed by atoms with Gasteiger partial charge < -0.3 is 20.5 Å². The highest BCUT2D eigenvalue weighted by Gasteiger charge is 2.22. The van der Waals surface area contributed by atoms with Crippen LogP contribution in [0.3, 0.4) is 0 Å². The summed E-state index contributed by atoms with van der Waals surface area (Å²) >= 11 is 6.05. The van der Waals surface area contributed by atoms with Gasteiger partial charge in [0.05, 0.1) is 5.71 Å². The van der Waals surface area contributed by atoms with Gasteiger partial charge in [0.2, 0.25) is 5.91 Å². The van der Waals surface area contributed by atoms with Gasteiger partial charge in [0.15, 0.2) is 0 Å². The number of β-amino-alcohol motifs (C(OH)–C–C–N with tert-alkyl or cyclic N) is 1. The van der Waals surface area contributed by atoms with Crippen molar-refractivity contribution in [3.8, 4) is 5.75 Å². The molecule has 33 heavy (non-hydrogen) atoms. The van der Waals surface area contributed by atoms with E-state index in [4.69, 9.17) is 16.3 Å². The molecule has 2 aromatic carbocycles. The number of hydrogen-bond acceptors (Lipinski definition) is 6. The van der Waals surface area contributed by atoms with Crippen molar-refractivity contribution in [1.82, 2.24) is 10.7 Å². The van der Waals surface area contributed by atoms with Crippen LogP contribution in [0.15, 0.2) is 47.6 Å². The molecule has 0 saturated carbocycles. The molecule has 0 aromatic heterocycles. The number of halogens is 1. The highest BCUT2D eigenvalue weighted by Crippen LogP contribution is 2.21. The van der Waals surface area contributed by atoms with Gasteiger partial charge in [0, 0.05) is 41.7 Å². The fourth-order valence-electron chi connectivity index (χ4n) is 3.58. The van der Waals surface area contributed by atoms with Crippen LogP contribution in [0.2, 0.25) is 5.02 Å². The zero-order valence-corrected chi connectivity index (χ0v) is 20.4. The summed E-state index contributed by atoms with van der Waals surface area (Å²) in [5.41, 5.74) is 6.20. The zero-order valence-electron chi connectivity index (χ0n) is 19.6. The fourth-order valence-corrected chi connectivity index (χ4v) is 3.86. The molecule has 2 unspecified atom stereocenters. The van der Waals surface area contributed by atoms with Crippen molar-refractivity contribution >= 4 is 28.9 Å². The van der Waals surface area contributed by atoms with E-state index in [1.165, 1.54) is 0 Å². The Morgan fingerprint density at radius 3 is 2.67 bits per heavy atom. The number of rotatable bonds is 10. The number of ether oxygens (including phenoxy) is 1. The molecule has 8 heteroatoms. The molecular formula is C25H33ClN4O3. The summed E-state index contributed by atoms with van der Waals surface area (Å²) in [6.07, 6.45) is -0.199. The van der Waals surface area contributed by atoms with Gasteiger partial charge in [-0.25, -0.2) is 5.43 Å². The second kappa shape index (κ2) is 11.0. The van der Waals surface area contributed by atoms with E-state index in [1.807, 2.05) is 50.2 Å². The van der Waals surface area contributed by atoms with E-state index in [1.54, 1.807) is 6.07 Å². The van der Waals surface area contributed by atoms with Crippen molar-refractivity contribution in [1.29, 1.82) is 0 Å². The van der Waals surface area contributed by atoms with Gasteiger partial charge >= 0.3 is 0 Å². The lowest BCUT2D eigenvalue weighted by Crippen LogP contribution is -2.49. The van der Waals surface area contributed by atoms with Crippen molar-refractivity contribution < 1.29 is 14.6 Å². The van der Waals surface area contributed by atoms with Crippen molar-refractivity contribution in [2.45, 2.75) is 45.8 Å². The number of amides is 1. The van der Waals surface area contributed by atoms with E-state index in [9.17, 15) is 9.90 Å². The van der Waals surface area contributed by atoms with Crippen LogP contribution in [-0.4, -0.2) is 48.1 Å². The van der Waals surface area contributed by atoms with Crippen LogP contribution in [-0.2, 0) is 4.79 Å². The Morgan fingerprint density at radius 1 is 1.27 bits per heavy atom. The van der Waals surface area contributed by atoms with E-state index < -0.39 is 6.10 Å². The molecule has 2 aromatic rings. The molecule has 4 N–H and O–H groups in total. The lowest BCUT2D eigenvalue weighted by molar-refractivity contribution is -0.121. The SMILES string of the molecule is Cc1cc(Cl)cc(OCC(O)CNC(C)(C)CNc2ccc(C3=NNC(=O)CC3C)cc2)c1. The molecule has 0 spiro atoms. The second-order valence-electron chi connectivity index (χ2n) is 9.26. The summed E-state index contributed by atoms with van der Waals surface area (Å²) < 4.78 is 5.68. The number of anilines is 1. The van der Waals surface area contributed by atoms with Gasteiger partial charge in [-0.05, 0) is 62.2 Å². The van der Waals surface area contributed by atoms with Crippen molar-refractivity contribution in [2.24, 2.45) is 11.0 Å². The minimum atomic E-state index is -0.651. The third-order valence-corrected chi connectivity index (χ3v) is 5.67. The van der Waals surface area contributed by atoms with Crippen molar-refractivity contribution in [3.05, 3.63) is 58.6 Å². The van der Waals surface area contributed by atoms with Gasteiger partial charge in [-0.3, -0.25) is 4.79 Å². The number of hydrogen-bond donors (Lipinski definition) is 4. The highest BCUT2D eigenvalue weighted by atomic mass is 35.5. The molecule has 7 nitrogen and oxygen atoms in total. The number of hydrazone groups is 1. The largest absolute Gasteiger partial charge is 0.491 e. The molecule has 3 rings (SSSR count). The van der Waals surface area contributed by atoms with Gasteiger partial charge in [-0.1, -0.05) is 30.7 Å². The maximum Gasteiger partial charge on any atom is 0.240 e. The third kappa shape index (κ3) is 7.74. The van der Waals surface area contributed by atoms with Crippen molar-refractivity contribution in [3.63, 3.8) is 0 Å². The van der Waals surface area contributed by atoms with Crippen LogP contribution in [0.5, 0.6) is 5.75 Å². The smallest absolute Gasteiger partial charge is 0.240 e. The second-order valence-corrected chi connectivity index (χ2v) is 9.70.